The van der Waals surface area contributed by atoms with Gasteiger partial charge in [0.2, 0.25) is 0 Å². The first-order valence-corrected chi connectivity index (χ1v) is 4.27. The third-order valence-electron chi connectivity index (χ3n) is 2.48. The molecule has 3 heteroatoms. The molecular weight excluding hydrogens is 169 g/mol. The first-order chi connectivity index (χ1) is 6.31. The highest BCUT2D eigenvalue weighted by molar-refractivity contribution is 5.69. The van der Waals surface area contributed by atoms with E-state index in [4.69, 9.17) is 5.21 Å². The van der Waals surface area contributed by atoms with Gasteiger partial charge in [-0.25, -0.2) is 4.39 Å². The van der Waals surface area contributed by atoms with Crippen molar-refractivity contribution in [2.24, 2.45) is 5.16 Å². The summed E-state index contributed by atoms with van der Waals surface area (Å²) in [6, 6.07) is 4.77. The van der Waals surface area contributed by atoms with Crippen LogP contribution in [0.15, 0.2) is 23.4 Å². The van der Waals surface area contributed by atoms with Gasteiger partial charge >= 0.3 is 0 Å². The van der Waals surface area contributed by atoms with Crippen LogP contribution in [0.4, 0.5) is 4.39 Å². The fraction of sp³-hybridized carbons (Fsp3) is 0.300. The van der Waals surface area contributed by atoms with Gasteiger partial charge in [-0.3, -0.25) is 0 Å². The highest BCUT2D eigenvalue weighted by atomic mass is 19.1. The second kappa shape index (κ2) is 3.17. The quantitative estimate of drug-likeness (QED) is 0.400. The third kappa shape index (κ3) is 1.41. The minimum absolute atomic E-state index is 0.153. The summed E-state index contributed by atoms with van der Waals surface area (Å²) in [7, 11) is 0. The van der Waals surface area contributed by atoms with Crippen molar-refractivity contribution in [3.05, 3.63) is 35.1 Å². The van der Waals surface area contributed by atoms with Crippen molar-refractivity contribution in [1.29, 1.82) is 0 Å². The Morgan fingerprint density at radius 3 is 3.15 bits per heavy atom. The minimum Gasteiger partial charge on any atom is -0.411 e. The molecule has 0 saturated carbocycles. The number of halogens is 1. The van der Waals surface area contributed by atoms with Gasteiger partial charge in [0, 0.05) is 5.92 Å². The van der Waals surface area contributed by atoms with Gasteiger partial charge in [0.1, 0.15) is 5.82 Å². The maximum Gasteiger partial charge on any atom is 0.123 e. The molecule has 68 valence electrons. The lowest BCUT2D eigenvalue weighted by Crippen LogP contribution is -1.94. The van der Waals surface area contributed by atoms with Gasteiger partial charge in [-0.2, -0.15) is 0 Å². The van der Waals surface area contributed by atoms with Crippen LogP contribution in [0.2, 0.25) is 0 Å². The molecule has 0 heterocycles. The van der Waals surface area contributed by atoms with Gasteiger partial charge in [-0.1, -0.05) is 6.07 Å². The molecule has 2 rings (SSSR count). The minimum atomic E-state index is -0.194. The van der Waals surface area contributed by atoms with Crippen molar-refractivity contribution in [2.45, 2.75) is 18.8 Å². The predicted octanol–water partition coefficient (Wildman–Crippen LogP) is 2.32. The van der Waals surface area contributed by atoms with Crippen LogP contribution in [-0.2, 0) is 6.42 Å². The first-order valence-electron chi connectivity index (χ1n) is 4.27. The second-order valence-corrected chi connectivity index (χ2v) is 3.25. The van der Waals surface area contributed by atoms with Gasteiger partial charge in [-0.05, 0) is 36.1 Å². The standard InChI is InChI=1S/C10H10FNO/c11-9-3-4-10-7(5-9)1-2-8(10)6-12-13/h3-6,8,13H,1-2H2. The van der Waals surface area contributed by atoms with Crippen molar-refractivity contribution < 1.29 is 9.60 Å². The summed E-state index contributed by atoms with van der Waals surface area (Å²) >= 11 is 0. The summed E-state index contributed by atoms with van der Waals surface area (Å²) in [6.07, 6.45) is 3.27. The zero-order valence-electron chi connectivity index (χ0n) is 7.07. The molecule has 0 saturated heterocycles. The summed E-state index contributed by atoms with van der Waals surface area (Å²) in [5, 5.41) is 11.4. The van der Waals surface area contributed by atoms with E-state index >= 15 is 0 Å². The lowest BCUT2D eigenvalue weighted by Gasteiger charge is -2.03. The lowest BCUT2D eigenvalue weighted by molar-refractivity contribution is 0.319. The van der Waals surface area contributed by atoms with Crippen molar-refractivity contribution in [2.75, 3.05) is 0 Å². The molecule has 0 radical (unpaired) electrons. The Morgan fingerprint density at radius 1 is 1.54 bits per heavy atom. The smallest absolute Gasteiger partial charge is 0.123 e. The highest BCUT2D eigenvalue weighted by Crippen LogP contribution is 2.31. The van der Waals surface area contributed by atoms with E-state index in [0.29, 0.717) is 0 Å². The van der Waals surface area contributed by atoms with Gasteiger partial charge < -0.3 is 5.21 Å². The molecule has 13 heavy (non-hydrogen) atoms. The molecule has 1 aliphatic rings. The Hall–Kier alpha value is -1.38. The monoisotopic (exact) mass is 179 g/mol. The van der Waals surface area contributed by atoms with E-state index in [1.165, 1.54) is 12.3 Å². The van der Waals surface area contributed by atoms with Gasteiger partial charge in [0.05, 0.1) is 6.21 Å². The fourth-order valence-electron chi connectivity index (χ4n) is 1.85. The summed E-state index contributed by atoms with van der Waals surface area (Å²) in [5.41, 5.74) is 2.11. The molecule has 0 aliphatic heterocycles. The lowest BCUT2D eigenvalue weighted by atomic mass is 10.0. The molecule has 0 amide bonds. The van der Waals surface area contributed by atoms with Crippen LogP contribution in [0.1, 0.15) is 23.5 Å². The topological polar surface area (TPSA) is 32.6 Å². The van der Waals surface area contributed by atoms with Crippen molar-refractivity contribution in [3.63, 3.8) is 0 Å². The fourth-order valence-corrected chi connectivity index (χ4v) is 1.85. The number of rotatable bonds is 1. The molecule has 0 spiro atoms. The van der Waals surface area contributed by atoms with Crippen LogP contribution in [0.5, 0.6) is 0 Å². The van der Waals surface area contributed by atoms with E-state index in [-0.39, 0.29) is 11.7 Å². The normalized spacial score (nSPS) is 20.8. The maximum atomic E-state index is 12.8. The average Bonchev–Trinajstić information content (AvgIpc) is 2.49. The number of oxime groups is 1. The Morgan fingerprint density at radius 2 is 2.38 bits per heavy atom. The molecule has 2 nitrogen and oxygen atoms in total. The number of aryl methyl sites for hydroxylation is 1. The van der Waals surface area contributed by atoms with Crippen molar-refractivity contribution >= 4 is 6.21 Å². The molecule has 1 aromatic carbocycles. The molecule has 1 aromatic rings. The molecule has 1 N–H and O–H groups in total. The molecule has 1 atom stereocenters. The van der Waals surface area contributed by atoms with E-state index in [0.717, 1.165) is 24.0 Å². The summed E-state index contributed by atoms with van der Waals surface area (Å²) in [5.74, 6) is -0.0408. The average molecular weight is 179 g/mol. The number of fused-ring (bicyclic) bond motifs is 1. The molecule has 1 unspecified atom stereocenters. The third-order valence-corrected chi connectivity index (χ3v) is 2.48. The Bertz CT molecular complexity index is 349. The molecule has 1 aliphatic carbocycles. The second-order valence-electron chi connectivity index (χ2n) is 3.25. The Labute approximate surface area is 75.7 Å². The number of nitrogens with zero attached hydrogens (tertiary/aromatic N) is 1. The molecule has 0 bridgehead atoms. The number of hydrogen-bond donors (Lipinski definition) is 1. The summed E-state index contributed by atoms with van der Waals surface area (Å²) in [4.78, 5) is 0. The van der Waals surface area contributed by atoms with Crippen LogP contribution in [0.25, 0.3) is 0 Å². The zero-order valence-corrected chi connectivity index (χ0v) is 7.07. The zero-order chi connectivity index (χ0) is 9.26. The number of hydrogen-bond acceptors (Lipinski definition) is 2. The van der Waals surface area contributed by atoms with Crippen LogP contribution in [0, 0.1) is 5.82 Å². The number of benzene rings is 1. The van der Waals surface area contributed by atoms with Crippen LogP contribution >= 0.6 is 0 Å². The molecule has 0 fully saturated rings. The van der Waals surface area contributed by atoms with E-state index in [1.807, 2.05) is 0 Å². The van der Waals surface area contributed by atoms with E-state index in [9.17, 15) is 4.39 Å². The van der Waals surface area contributed by atoms with E-state index < -0.39 is 0 Å². The Kier molecular flexibility index (Phi) is 2.00. The van der Waals surface area contributed by atoms with Crippen LogP contribution < -0.4 is 0 Å². The SMILES string of the molecule is ON=CC1CCc2cc(F)ccc21. The van der Waals surface area contributed by atoms with E-state index in [1.54, 1.807) is 12.1 Å². The van der Waals surface area contributed by atoms with E-state index in [2.05, 4.69) is 5.16 Å². The summed E-state index contributed by atoms with van der Waals surface area (Å²) < 4.78 is 12.8. The van der Waals surface area contributed by atoms with Crippen molar-refractivity contribution in [3.8, 4) is 0 Å². The highest BCUT2D eigenvalue weighted by Gasteiger charge is 2.21. The van der Waals surface area contributed by atoms with Gasteiger partial charge in [-0.15, -0.1) is 5.16 Å². The van der Waals surface area contributed by atoms with Gasteiger partial charge in [0.15, 0.2) is 0 Å². The maximum absolute atomic E-state index is 12.8. The Balaban J connectivity index is 2.38. The molecular formula is C10H10FNO. The first kappa shape index (κ1) is 8.23. The van der Waals surface area contributed by atoms with Crippen LogP contribution in [0.3, 0.4) is 0 Å². The van der Waals surface area contributed by atoms with Crippen LogP contribution in [-0.4, -0.2) is 11.4 Å². The van der Waals surface area contributed by atoms with Crippen molar-refractivity contribution in [1.82, 2.24) is 0 Å². The van der Waals surface area contributed by atoms with Gasteiger partial charge in [0.25, 0.3) is 0 Å². The molecule has 0 aromatic heterocycles. The largest absolute Gasteiger partial charge is 0.411 e. The predicted molar refractivity (Wildman–Crippen MR) is 47.7 cm³/mol. The summed E-state index contributed by atoms with van der Waals surface area (Å²) in [6.45, 7) is 0.